The van der Waals surface area contributed by atoms with Crippen molar-refractivity contribution >= 4 is 0 Å². The fourth-order valence-electron chi connectivity index (χ4n) is 3.44. The zero-order valence-corrected chi connectivity index (χ0v) is 13.1. The second-order valence-electron chi connectivity index (χ2n) is 7.08. The number of hydrogen-bond acceptors (Lipinski definition) is 3. The van der Waals surface area contributed by atoms with E-state index in [0.717, 1.165) is 31.1 Å². The maximum absolute atomic E-state index is 13.4. The third kappa shape index (κ3) is 4.01. The van der Waals surface area contributed by atoms with E-state index in [2.05, 4.69) is 29.0 Å². The Morgan fingerprint density at radius 3 is 2.86 bits per heavy atom. The lowest BCUT2D eigenvalue weighted by Gasteiger charge is -2.41. The lowest BCUT2D eigenvalue weighted by atomic mass is 9.97. The van der Waals surface area contributed by atoms with Crippen LogP contribution < -0.4 is 5.32 Å². The molecular weight excluding hydrogens is 265 g/mol. The Bertz CT molecular complexity index is 473. The standard InChI is InChI=1S/C17H26FN3/c1-12(2)5-16-9-20-17(14-3-4-14)11-21(16)10-13-6-15(18)8-19-7-13/h6-8,12,14,16-17,20H,3-5,9-11H2,1-2H3. The van der Waals surface area contributed by atoms with Crippen molar-refractivity contribution in [3.8, 4) is 0 Å². The van der Waals surface area contributed by atoms with E-state index in [1.807, 2.05) is 0 Å². The number of aromatic nitrogens is 1. The molecule has 3 rings (SSSR count). The van der Waals surface area contributed by atoms with Crippen LogP contribution in [0.1, 0.15) is 38.7 Å². The Kier molecular flexibility index (Phi) is 4.55. The first kappa shape index (κ1) is 14.9. The summed E-state index contributed by atoms with van der Waals surface area (Å²) in [5, 5.41) is 3.73. The summed E-state index contributed by atoms with van der Waals surface area (Å²) in [5.74, 6) is 1.31. The van der Waals surface area contributed by atoms with Crippen LogP contribution in [0.15, 0.2) is 18.5 Å². The fourth-order valence-corrected chi connectivity index (χ4v) is 3.44. The zero-order chi connectivity index (χ0) is 14.8. The van der Waals surface area contributed by atoms with Gasteiger partial charge in [-0.05, 0) is 42.7 Å². The quantitative estimate of drug-likeness (QED) is 0.904. The molecule has 2 aliphatic rings. The number of rotatable bonds is 5. The third-order valence-electron chi connectivity index (χ3n) is 4.64. The summed E-state index contributed by atoms with van der Waals surface area (Å²) in [6.45, 7) is 7.50. The van der Waals surface area contributed by atoms with Crippen molar-refractivity contribution in [2.24, 2.45) is 11.8 Å². The molecule has 2 atom stereocenters. The van der Waals surface area contributed by atoms with Gasteiger partial charge in [-0.3, -0.25) is 9.88 Å². The van der Waals surface area contributed by atoms with Crippen LogP contribution in [0.5, 0.6) is 0 Å². The van der Waals surface area contributed by atoms with Gasteiger partial charge in [0.05, 0.1) is 6.20 Å². The summed E-state index contributed by atoms with van der Waals surface area (Å²) in [6.07, 6.45) is 6.99. The molecule has 2 unspecified atom stereocenters. The van der Waals surface area contributed by atoms with Crippen molar-refractivity contribution in [2.75, 3.05) is 13.1 Å². The molecule has 1 saturated heterocycles. The van der Waals surface area contributed by atoms with E-state index in [1.54, 1.807) is 12.3 Å². The van der Waals surface area contributed by atoms with E-state index in [-0.39, 0.29) is 5.82 Å². The van der Waals surface area contributed by atoms with Crippen LogP contribution >= 0.6 is 0 Å². The summed E-state index contributed by atoms with van der Waals surface area (Å²) in [6, 6.07) is 2.78. The van der Waals surface area contributed by atoms with Crippen LogP contribution in [-0.4, -0.2) is 35.1 Å². The molecule has 0 radical (unpaired) electrons. The highest BCUT2D eigenvalue weighted by molar-refractivity contribution is 5.11. The van der Waals surface area contributed by atoms with Gasteiger partial charge in [0.25, 0.3) is 0 Å². The summed E-state index contributed by atoms with van der Waals surface area (Å²) in [5.41, 5.74) is 0.986. The average molecular weight is 291 g/mol. The molecule has 3 nitrogen and oxygen atoms in total. The van der Waals surface area contributed by atoms with Crippen LogP contribution in [0.25, 0.3) is 0 Å². The second kappa shape index (κ2) is 6.41. The topological polar surface area (TPSA) is 28.2 Å². The van der Waals surface area contributed by atoms with Gasteiger partial charge >= 0.3 is 0 Å². The maximum Gasteiger partial charge on any atom is 0.141 e. The Morgan fingerprint density at radius 2 is 2.19 bits per heavy atom. The first-order valence-electron chi connectivity index (χ1n) is 8.18. The molecule has 4 heteroatoms. The van der Waals surface area contributed by atoms with Gasteiger partial charge in [-0.2, -0.15) is 0 Å². The normalized spacial score (nSPS) is 27.2. The van der Waals surface area contributed by atoms with Gasteiger partial charge < -0.3 is 5.32 Å². The predicted molar refractivity (Wildman–Crippen MR) is 82.4 cm³/mol. The van der Waals surface area contributed by atoms with Crippen LogP contribution in [0, 0.1) is 17.7 Å². The number of halogens is 1. The molecule has 0 amide bonds. The van der Waals surface area contributed by atoms with Crippen molar-refractivity contribution in [3.05, 3.63) is 29.8 Å². The van der Waals surface area contributed by atoms with Gasteiger partial charge in [0, 0.05) is 37.9 Å². The molecule has 21 heavy (non-hydrogen) atoms. The minimum absolute atomic E-state index is 0.234. The Balaban J connectivity index is 1.69. The molecule has 2 fully saturated rings. The number of piperazine rings is 1. The van der Waals surface area contributed by atoms with Crippen molar-refractivity contribution in [1.82, 2.24) is 15.2 Å². The average Bonchev–Trinajstić information content (AvgIpc) is 3.24. The van der Waals surface area contributed by atoms with Gasteiger partial charge in [0.15, 0.2) is 0 Å². The summed E-state index contributed by atoms with van der Waals surface area (Å²) in [4.78, 5) is 6.52. The van der Waals surface area contributed by atoms with Gasteiger partial charge in [-0.1, -0.05) is 13.8 Å². The molecule has 116 valence electrons. The van der Waals surface area contributed by atoms with Crippen LogP contribution in [0.3, 0.4) is 0 Å². The van der Waals surface area contributed by atoms with Crippen molar-refractivity contribution in [3.63, 3.8) is 0 Å². The number of nitrogens with one attached hydrogen (secondary N) is 1. The first-order chi connectivity index (χ1) is 10.1. The number of pyridine rings is 1. The van der Waals surface area contributed by atoms with Gasteiger partial charge in [-0.15, -0.1) is 0 Å². The van der Waals surface area contributed by atoms with E-state index in [4.69, 9.17) is 0 Å². The molecule has 0 bridgehead atoms. The minimum atomic E-state index is -0.234. The van der Waals surface area contributed by atoms with Crippen LogP contribution in [-0.2, 0) is 6.54 Å². The highest BCUT2D eigenvalue weighted by atomic mass is 19.1. The highest BCUT2D eigenvalue weighted by Crippen LogP contribution is 2.35. The first-order valence-corrected chi connectivity index (χ1v) is 8.18. The van der Waals surface area contributed by atoms with E-state index in [1.165, 1.54) is 25.5 Å². The minimum Gasteiger partial charge on any atom is -0.311 e. The van der Waals surface area contributed by atoms with Gasteiger partial charge in [-0.25, -0.2) is 4.39 Å². The molecule has 1 aromatic rings. The van der Waals surface area contributed by atoms with Crippen molar-refractivity contribution in [2.45, 2.75) is 51.7 Å². The lowest BCUT2D eigenvalue weighted by molar-refractivity contribution is 0.0997. The van der Waals surface area contributed by atoms with E-state index < -0.39 is 0 Å². The van der Waals surface area contributed by atoms with Crippen molar-refractivity contribution < 1.29 is 4.39 Å². The maximum atomic E-state index is 13.4. The molecule has 0 aromatic carbocycles. The number of hydrogen-bond donors (Lipinski definition) is 1. The predicted octanol–water partition coefficient (Wildman–Crippen LogP) is 2.82. The molecule has 1 aliphatic heterocycles. The molecule has 1 saturated carbocycles. The monoisotopic (exact) mass is 291 g/mol. The Hall–Kier alpha value is -1.00. The van der Waals surface area contributed by atoms with E-state index >= 15 is 0 Å². The van der Waals surface area contributed by atoms with E-state index in [0.29, 0.717) is 18.0 Å². The second-order valence-corrected chi connectivity index (χ2v) is 7.08. The largest absolute Gasteiger partial charge is 0.311 e. The van der Waals surface area contributed by atoms with Gasteiger partial charge in [0.2, 0.25) is 0 Å². The molecule has 1 aromatic heterocycles. The summed E-state index contributed by atoms with van der Waals surface area (Å²) >= 11 is 0. The van der Waals surface area contributed by atoms with E-state index in [9.17, 15) is 4.39 Å². The molecule has 1 N–H and O–H groups in total. The van der Waals surface area contributed by atoms with Crippen LogP contribution in [0.4, 0.5) is 4.39 Å². The molecule has 0 spiro atoms. The smallest absolute Gasteiger partial charge is 0.141 e. The SMILES string of the molecule is CC(C)CC1CNC(C2CC2)CN1Cc1cncc(F)c1. The Labute approximate surface area is 126 Å². The Morgan fingerprint density at radius 1 is 1.38 bits per heavy atom. The zero-order valence-electron chi connectivity index (χ0n) is 13.1. The summed E-state index contributed by atoms with van der Waals surface area (Å²) < 4.78 is 13.4. The fraction of sp³-hybridized carbons (Fsp3) is 0.706. The van der Waals surface area contributed by atoms with Crippen molar-refractivity contribution in [1.29, 1.82) is 0 Å². The van der Waals surface area contributed by atoms with Gasteiger partial charge in [0.1, 0.15) is 5.82 Å². The lowest BCUT2D eigenvalue weighted by Crippen LogP contribution is -2.57. The third-order valence-corrected chi connectivity index (χ3v) is 4.64. The number of nitrogens with zero attached hydrogens (tertiary/aromatic N) is 2. The molecular formula is C17H26FN3. The van der Waals surface area contributed by atoms with Crippen LogP contribution in [0.2, 0.25) is 0 Å². The molecule has 2 heterocycles. The summed E-state index contributed by atoms with van der Waals surface area (Å²) in [7, 11) is 0. The molecule has 1 aliphatic carbocycles. The highest BCUT2D eigenvalue weighted by Gasteiger charge is 2.37.